The summed E-state index contributed by atoms with van der Waals surface area (Å²) in [6.07, 6.45) is -0.767. The molecule has 0 aromatic heterocycles. The summed E-state index contributed by atoms with van der Waals surface area (Å²) in [7, 11) is 0. The fourth-order valence-electron chi connectivity index (χ4n) is 2.73. The lowest BCUT2D eigenvalue weighted by Crippen LogP contribution is -2.41. The van der Waals surface area contributed by atoms with E-state index in [0.717, 1.165) is 16.7 Å². The molecule has 0 saturated heterocycles. The van der Waals surface area contributed by atoms with Crippen LogP contribution in [0.25, 0.3) is 0 Å². The quantitative estimate of drug-likeness (QED) is 0.766. The molecule has 0 aliphatic heterocycles. The van der Waals surface area contributed by atoms with E-state index in [-0.39, 0.29) is 18.6 Å². The number of ether oxygens (including phenoxy) is 1. The minimum atomic E-state index is -0.767. The lowest BCUT2D eigenvalue weighted by molar-refractivity contribution is -0.142. The SMILES string of the molecule is CC(=O)OC[C@@H](N[C@@H](C)c1ccccc1)[C@H](O)c1ccccc1C. The van der Waals surface area contributed by atoms with Gasteiger partial charge in [0.1, 0.15) is 6.61 Å². The summed E-state index contributed by atoms with van der Waals surface area (Å²) in [6.45, 7) is 5.47. The number of benzene rings is 2. The van der Waals surface area contributed by atoms with Crippen LogP contribution in [0.1, 0.15) is 42.7 Å². The summed E-state index contributed by atoms with van der Waals surface area (Å²) in [4.78, 5) is 11.2. The number of aliphatic hydroxyl groups excluding tert-OH is 1. The van der Waals surface area contributed by atoms with Gasteiger partial charge in [-0.2, -0.15) is 0 Å². The molecule has 24 heavy (non-hydrogen) atoms. The van der Waals surface area contributed by atoms with Gasteiger partial charge in [0.25, 0.3) is 0 Å². The molecule has 2 rings (SSSR count). The lowest BCUT2D eigenvalue weighted by Gasteiger charge is -2.28. The van der Waals surface area contributed by atoms with E-state index >= 15 is 0 Å². The predicted octanol–water partition coefficient (Wildman–Crippen LogP) is 3.31. The molecule has 0 spiro atoms. The molecular weight excluding hydrogens is 302 g/mol. The molecule has 0 unspecified atom stereocenters. The van der Waals surface area contributed by atoms with Crippen LogP contribution in [-0.4, -0.2) is 23.7 Å². The van der Waals surface area contributed by atoms with Crippen molar-refractivity contribution in [3.8, 4) is 0 Å². The van der Waals surface area contributed by atoms with Gasteiger partial charge in [0.15, 0.2) is 0 Å². The Balaban J connectivity index is 2.17. The highest BCUT2D eigenvalue weighted by atomic mass is 16.5. The van der Waals surface area contributed by atoms with Crippen LogP contribution in [0.3, 0.4) is 0 Å². The van der Waals surface area contributed by atoms with Crippen molar-refractivity contribution >= 4 is 5.97 Å². The molecule has 0 fully saturated rings. The Labute approximate surface area is 143 Å². The Hall–Kier alpha value is -2.17. The number of esters is 1. The highest BCUT2D eigenvalue weighted by Crippen LogP contribution is 2.23. The number of carbonyl (C=O) groups excluding carboxylic acids is 1. The number of hydrogen-bond donors (Lipinski definition) is 2. The van der Waals surface area contributed by atoms with E-state index in [0.29, 0.717) is 0 Å². The standard InChI is InChI=1S/C20H25NO3/c1-14-9-7-8-12-18(14)20(23)19(13-24-16(3)22)21-15(2)17-10-5-4-6-11-17/h4-12,15,19-21,23H,13H2,1-3H3/t15-,19+,20+/m0/s1. The topological polar surface area (TPSA) is 58.6 Å². The van der Waals surface area contributed by atoms with Crippen molar-refractivity contribution < 1.29 is 14.6 Å². The first-order chi connectivity index (χ1) is 11.5. The van der Waals surface area contributed by atoms with Crippen LogP contribution in [0.5, 0.6) is 0 Å². The molecule has 0 aliphatic carbocycles. The molecule has 4 heteroatoms. The number of aliphatic hydroxyl groups is 1. The van der Waals surface area contributed by atoms with Crippen LogP contribution in [0, 0.1) is 6.92 Å². The van der Waals surface area contributed by atoms with E-state index in [1.165, 1.54) is 6.92 Å². The molecule has 3 atom stereocenters. The molecule has 4 nitrogen and oxygen atoms in total. The van der Waals surface area contributed by atoms with Crippen molar-refractivity contribution in [1.82, 2.24) is 5.32 Å². The number of nitrogens with one attached hydrogen (secondary N) is 1. The summed E-state index contributed by atoms with van der Waals surface area (Å²) in [5.41, 5.74) is 2.96. The third kappa shape index (κ3) is 4.91. The first kappa shape index (κ1) is 18.2. The largest absolute Gasteiger partial charge is 0.464 e. The third-order valence-corrected chi connectivity index (χ3v) is 4.12. The zero-order valence-corrected chi connectivity index (χ0v) is 14.4. The Kier molecular flexibility index (Phi) is 6.53. The summed E-state index contributed by atoms with van der Waals surface area (Å²) in [6, 6.07) is 17.3. The number of rotatable bonds is 7. The minimum Gasteiger partial charge on any atom is -0.464 e. The highest BCUT2D eigenvalue weighted by molar-refractivity contribution is 5.65. The molecule has 0 aliphatic rings. The first-order valence-electron chi connectivity index (χ1n) is 8.17. The second kappa shape index (κ2) is 8.62. The molecule has 0 heterocycles. The second-order valence-electron chi connectivity index (χ2n) is 6.01. The van der Waals surface area contributed by atoms with Gasteiger partial charge in [-0.05, 0) is 30.5 Å². The molecule has 0 bridgehead atoms. The molecular formula is C20H25NO3. The van der Waals surface area contributed by atoms with Gasteiger partial charge in [-0.3, -0.25) is 4.79 Å². The average Bonchev–Trinajstić information content (AvgIpc) is 2.59. The van der Waals surface area contributed by atoms with E-state index in [1.54, 1.807) is 0 Å². The van der Waals surface area contributed by atoms with E-state index in [4.69, 9.17) is 4.74 Å². The van der Waals surface area contributed by atoms with Gasteiger partial charge in [-0.1, -0.05) is 54.6 Å². The van der Waals surface area contributed by atoms with Crippen molar-refractivity contribution in [2.24, 2.45) is 0 Å². The van der Waals surface area contributed by atoms with Crippen LogP contribution in [0.2, 0.25) is 0 Å². The molecule has 2 aromatic rings. The summed E-state index contributed by atoms with van der Waals surface area (Å²) in [5.74, 6) is -0.355. The fraction of sp³-hybridized carbons (Fsp3) is 0.350. The van der Waals surface area contributed by atoms with Gasteiger partial charge in [0, 0.05) is 13.0 Å². The summed E-state index contributed by atoms with van der Waals surface area (Å²) in [5, 5.41) is 14.2. The number of hydrogen-bond acceptors (Lipinski definition) is 4. The predicted molar refractivity (Wildman–Crippen MR) is 94.6 cm³/mol. The number of aryl methyl sites for hydroxylation is 1. The number of carbonyl (C=O) groups is 1. The normalized spacial score (nSPS) is 14.7. The van der Waals surface area contributed by atoms with Gasteiger partial charge in [0.2, 0.25) is 0 Å². The van der Waals surface area contributed by atoms with Crippen molar-refractivity contribution in [2.45, 2.75) is 39.0 Å². The monoisotopic (exact) mass is 327 g/mol. The second-order valence-corrected chi connectivity index (χ2v) is 6.01. The van der Waals surface area contributed by atoms with E-state index in [9.17, 15) is 9.90 Å². The molecule has 0 amide bonds. The Morgan fingerprint density at radius 1 is 1.12 bits per heavy atom. The molecule has 0 saturated carbocycles. The zero-order chi connectivity index (χ0) is 17.5. The first-order valence-corrected chi connectivity index (χ1v) is 8.17. The zero-order valence-electron chi connectivity index (χ0n) is 14.4. The fourth-order valence-corrected chi connectivity index (χ4v) is 2.73. The maximum atomic E-state index is 11.2. The Morgan fingerprint density at radius 3 is 2.38 bits per heavy atom. The van der Waals surface area contributed by atoms with Gasteiger partial charge in [-0.15, -0.1) is 0 Å². The Bertz CT molecular complexity index is 657. The van der Waals surface area contributed by atoms with E-state index < -0.39 is 12.1 Å². The molecule has 2 aromatic carbocycles. The van der Waals surface area contributed by atoms with Crippen molar-refractivity contribution in [1.29, 1.82) is 0 Å². The maximum Gasteiger partial charge on any atom is 0.302 e. The summed E-state index contributed by atoms with van der Waals surface area (Å²) >= 11 is 0. The van der Waals surface area contributed by atoms with Crippen LogP contribution >= 0.6 is 0 Å². The van der Waals surface area contributed by atoms with Crippen molar-refractivity contribution in [2.75, 3.05) is 6.61 Å². The summed E-state index contributed by atoms with van der Waals surface area (Å²) < 4.78 is 5.16. The highest BCUT2D eigenvalue weighted by Gasteiger charge is 2.25. The van der Waals surface area contributed by atoms with Gasteiger partial charge in [0.05, 0.1) is 12.1 Å². The Morgan fingerprint density at radius 2 is 1.75 bits per heavy atom. The molecule has 128 valence electrons. The van der Waals surface area contributed by atoms with Crippen LogP contribution in [0.4, 0.5) is 0 Å². The minimum absolute atomic E-state index is 0.0189. The molecule has 0 radical (unpaired) electrons. The lowest BCUT2D eigenvalue weighted by atomic mass is 9.97. The van der Waals surface area contributed by atoms with Gasteiger partial charge < -0.3 is 15.2 Å². The smallest absolute Gasteiger partial charge is 0.302 e. The van der Waals surface area contributed by atoms with Crippen LogP contribution in [-0.2, 0) is 9.53 Å². The van der Waals surface area contributed by atoms with Crippen molar-refractivity contribution in [3.05, 3.63) is 71.3 Å². The van der Waals surface area contributed by atoms with Crippen LogP contribution in [0.15, 0.2) is 54.6 Å². The van der Waals surface area contributed by atoms with E-state index in [1.807, 2.05) is 68.4 Å². The average molecular weight is 327 g/mol. The molecule has 2 N–H and O–H groups in total. The van der Waals surface area contributed by atoms with Gasteiger partial charge >= 0.3 is 5.97 Å². The van der Waals surface area contributed by atoms with Crippen molar-refractivity contribution in [3.63, 3.8) is 0 Å². The van der Waals surface area contributed by atoms with E-state index in [2.05, 4.69) is 5.32 Å². The van der Waals surface area contributed by atoms with Crippen LogP contribution < -0.4 is 5.32 Å². The van der Waals surface area contributed by atoms with Gasteiger partial charge in [-0.25, -0.2) is 0 Å². The third-order valence-electron chi connectivity index (χ3n) is 4.12. The maximum absolute atomic E-state index is 11.2.